The molecule has 0 unspecified atom stereocenters. The maximum atomic E-state index is 11.9. The first-order valence-electron chi connectivity index (χ1n) is 6.33. The molecule has 1 heterocycles. The fraction of sp³-hybridized carbons (Fsp3) is 0.267. The zero-order valence-corrected chi connectivity index (χ0v) is 11.6. The normalized spacial score (nSPS) is 10.3. The first-order chi connectivity index (χ1) is 9.63. The van der Waals surface area contributed by atoms with Gasteiger partial charge in [-0.05, 0) is 30.2 Å². The molecule has 2 aromatic rings. The molecule has 0 atom stereocenters. The number of methoxy groups -OCH3 is 1. The summed E-state index contributed by atoms with van der Waals surface area (Å²) >= 11 is 0. The minimum absolute atomic E-state index is 0.187. The Morgan fingerprint density at radius 1 is 1.40 bits per heavy atom. The lowest BCUT2D eigenvalue weighted by Gasteiger charge is -2.08. The van der Waals surface area contributed by atoms with Crippen molar-refractivity contribution in [1.82, 2.24) is 5.32 Å². The standard InChI is InChI=1S/C15H18N2O3/c1-10-3-4-11(5-14(10)19-2)8-17-15(18)12-6-13(7-16)20-9-12/h3-6,9H,7-8,16H2,1-2H3,(H,17,18). The lowest BCUT2D eigenvalue weighted by molar-refractivity contribution is 0.0950. The van der Waals surface area contributed by atoms with E-state index in [1.807, 2.05) is 25.1 Å². The van der Waals surface area contributed by atoms with Crippen LogP contribution in [-0.4, -0.2) is 13.0 Å². The van der Waals surface area contributed by atoms with E-state index in [1.54, 1.807) is 13.2 Å². The number of rotatable bonds is 5. The molecule has 0 bridgehead atoms. The van der Waals surface area contributed by atoms with Crippen molar-refractivity contribution in [3.8, 4) is 5.75 Å². The number of carbonyl (C=O) groups excluding carboxylic acids is 1. The van der Waals surface area contributed by atoms with Crippen molar-refractivity contribution in [1.29, 1.82) is 0 Å². The first-order valence-corrected chi connectivity index (χ1v) is 6.33. The van der Waals surface area contributed by atoms with E-state index < -0.39 is 0 Å². The van der Waals surface area contributed by atoms with Gasteiger partial charge in [0.25, 0.3) is 5.91 Å². The van der Waals surface area contributed by atoms with Crippen LogP contribution in [0.2, 0.25) is 0 Å². The number of furan rings is 1. The van der Waals surface area contributed by atoms with Crippen molar-refractivity contribution in [2.75, 3.05) is 7.11 Å². The predicted octanol–water partition coefficient (Wildman–Crippen LogP) is 1.99. The van der Waals surface area contributed by atoms with Gasteiger partial charge in [-0.2, -0.15) is 0 Å². The summed E-state index contributed by atoms with van der Waals surface area (Å²) in [5.74, 6) is 1.21. The van der Waals surface area contributed by atoms with Crippen LogP contribution in [0.1, 0.15) is 27.2 Å². The number of aryl methyl sites for hydroxylation is 1. The Balaban J connectivity index is 1.99. The molecule has 0 spiro atoms. The minimum atomic E-state index is -0.187. The predicted molar refractivity (Wildman–Crippen MR) is 75.5 cm³/mol. The Morgan fingerprint density at radius 2 is 2.20 bits per heavy atom. The van der Waals surface area contributed by atoms with Crippen molar-refractivity contribution in [2.45, 2.75) is 20.0 Å². The molecule has 5 heteroatoms. The van der Waals surface area contributed by atoms with Crippen molar-refractivity contribution in [2.24, 2.45) is 5.73 Å². The molecule has 0 saturated heterocycles. The molecule has 0 aliphatic carbocycles. The molecule has 0 aliphatic heterocycles. The number of nitrogens with one attached hydrogen (secondary N) is 1. The molecule has 106 valence electrons. The van der Waals surface area contributed by atoms with E-state index in [0.717, 1.165) is 16.9 Å². The molecule has 1 amide bonds. The van der Waals surface area contributed by atoms with Gasteiger partial charge in [0.05, 0.1) is 19.2 Å². The summed E-state index contributed by atoms with van der Waals surface area (Å²) in [4.78, 5) is 11.9. The van der Waals surface area contributed by atoms with E-state index in [9.17, 15) is 4.79 Å². The number of nitrogens with two attached hydrogens (primary N) is 1. The number of carbonyl (C=O) groups is 1. The summed E-state index contributed by atoms with van der Waals surface area (Å²) in [6.45, 7) is 2.68. The molecular weight excluding hydrogens is 256 g/mol. The van der Waals surface area contributed by atoms with Crippen LogP contribution in [-0.2, 0) is 13.1 Å². The lowest BCUT2D eigenvalue weighted by atomic mass is 10.1. The summed E-state index contributed by atoms with van der Waals surface area (Å²) in [6, 6.07) is 7.48. The number of hydrogen-bond donors (Lipinski definition) is 2. The molecule has 20 heavy (non-hydrogen) atoms. The molecule has 1 aromatic carbocycles. The number of benzene rings is 1. The van der Waals surface area contributed by atoms with Crippen molar-refractivity contribution < 1.29 is 13.9 Å². The van der Waals surface area contributed by atoms with Crippen LogP contribution in [0.3, 0.4) is 0 Å². The second-order valence-corrected chi connectivity index (χ2v) is 4.49. The largest absolute Gasteiger partial charge is 0.496 e. The van der Waals surface area contributed by atoms with Gasteiger partial charge in [0, 0.05) is 6.54 Å². The van der Waals surface area contributed by atoms with Gasteiger partial charge < -0.3 is 20.2 Å². The molecule has 3 N–H and O–H groups in total. The molecule has 0 radical (unpaired) electrons. The van der Waals surface area contributed by atoms with Crippen LogP contribution in [0.15, 0.2) is 34.9 Å². The second-order valence-electron chi connectivity index (χ2n) is 4.49. The highest BCUT2D eigenvalue weighted by Gasteiger charge is 2.09. The van der Waals surface area contributed by atoms with E-state index in [0.29, 0.717) is 17.9 Å². The summed E-state index contributed by atoms with van der Waals surface area (Å²) in [5, 5.41) is 2.83. The van der Waals surface area contributed by atoms with Crippen LogP contribution in [0, 0.1) is 6.92 Å². The number of amides is 1. The maximum absolute atomic E-state index is 11.9. The Morgan fingerprint density at radius 3 is 2.85 bits per heavy atom. The molecule has 0 fully saturated rings. The number of ether oxygens (including phenoxy) is 1. The summed E-state index contributed by atoms with van der Waals surface area (Å²) in [5.41, 5.74) is 7.95. The van der Waals surface area contributed by atoms with Crippen LogP contribution in [0.5, 0.6) is 5.75 Å². The monoisotopic (exact) mass is 274 g/mol. The molecule has 5 nitrogen and oxygen atoms in total. The molecular formula is C15H18N2O3. The van der Waals surface area contributed by atoms with E-state index in [-0.39, 0.29) is 12.5 Å². The smallest absolute Gasteiger partial charge is 0.254 e. The highest BCUT2D eigenvalue weighted by molar-refractivity contribution is 5.93. The van der Waals surface area contributed by atoms with Gasteiger partial charge in [-0.25, -0.2) is 0 Å². The molecule has 0 saturated carbocycles. The lowest BCUT2D eigenvalue weighted by Crippen LogP contribution is -2.22. The van der Waals surface area contributed by atoms with Gasteiger partial charge >= 0.3 is 0 Å². The fourth-order valence-electron chi connectivity index (χ4n) is 1.87. The highest BCUT2D eigenvalue weighted by Crippen LogP contribution is 2.18. The Bertz CT molecular complexity index is 605. The van der Waals surface area contributed by atoms with E-state index in [4.69, 9.17) is 14.9 Å². The van der Waals surface area contributed by atoms with Gasteiger partial charge in [-0.1, -0.05) is 12.1 Å². The average Bonchev–Trinajstić information content (AvgIpc) is 2.95. The summed E-state index contributed by atoms with van der Waals surface area (Å²) in [7, 11) is 1.63. The van der Waals surface area contributed by atoms with Crippen molar-refractivity contribution in [3.05, 3.63) is 53.0 Å². The second kappa shape index (κ2) is 6.25. The third-order valence-corrected chi connectivity index (χ3v) is 3.04. The van der Waals surface area contributed by atoms with Crippen molar-refractivity contribution >= 4 is 5.91 Å². The van der Waals surface area contributed by atoms with Crippen LogP contribution in [0.4, 0.5) is 0 Å². The van der Waals surface area contributed by atoms with Crippen LogP contribution < -0.4 is 15.8 Å². The van der Waals surface area contributed by atoms with E-state index >= 15 is 0 Å². The Labute approximate surface area is 117 Å². The first kappa shape index (κ1) is 14.1. The Kier molecular flexibility index (Phi) is 4.42. The van der Waals surface area contributed by atoms with Gasteiger partial charge in [0.2, 0.25) is 0 Å². The van der Waals surface area contributed by atoms with Gasteiger partial charge in [0.15, 0.2) is 0 Å². The number of hydrogen-bond acceptors (Lipinski definition) is 4. The average molecular weight is 274 g/mol. The van der Waals surface area contributed by atoms with Crippen LogP contribution in [0.25, 0.3) is 0 Å². The van der Waals surface area contributed by atoms with Crippen LogP contribution >= 0.6 is 0 Å². The van der Waals surface area contributed by atoms with Gasteiger partial charge in [-0.15, -0.1) is 0 Å². The topological polar surface area (TPSA) is 77.5 Å². The zero-order valence-electron chi connectivity index (χ0n) is 11.6. The minimum Gasteiger partial charge on any atom is -0.496 e. The third-order valence-electron chi connectivity index (χ3n) is 3.04. The van der Waals surface area contributed by atoms with Gasteiger partial charge in [0.1, 0.15) is 17.8 Å². The SMILES string of the molecule is COc1cc(CNC(=O)c2coc(CN)c2)ccc1C. The summed E-state index contributed by atoms with van der Waals surface area (Å²) in [6.07, 6.45) is 1.41. The zero-order chi connectivity index (χ0) is 14.5. The quantitative estimate of drug-likeness (QED) is 0.874. The Hall–Kier alpha value is -2.27. The van der Waals surface area contributed by atoms with Crippen molar-refractivity contribution in [3.63, 3.8) is 0 Å². The highest BCUT2D eigenvalue weighted by atomic mass is 16.5. The molecule has 0 aliphatic rings. The van der Waals surface area contributed by atoms with E-state index in [2.05, 4.69) is 5.32 Å². The maximum Gasteiger partial charge on any atom is 0.254 e. The van der Waals surface area contributed by atoms with Gasteiger partial charge in [-0.3, -0.25) is 4.79 Å². The molecule has 1 aromatic heterocycles. The fourth-order valence-corrected chi connectivity index (χ4v) is 1.87. The van der Waals surface area contributed by atoms with E-state index in [1.165, 1.54) is 6.26 Å². The third kappa shape index (κ3) is 3.19. The summed E-state index contributed by atoms with van der Waals surface area (Å²) < 4.78 is 10.4. The molecule has 2 rings (SSSR count).